The van der Waals surface area contributed by atoms with Gasteiger partial charge in [0.25, 0.3) is 0 Å². The molecule has 0 saturated carbocycles. The minimum atomic E-state index is -3.13. The van der Waals surface area contributed by atoms with E-state index in [0.717, 1.165) is 37.6 Å². The van der Waals surface area contributed by atoms with Gasteiger partial charge in [-0.3, -0.25) is 4.90 Å². The molecule has 1 aliphatic rings. The fourth-order valence-corrected chi connectivity index (χ4v) is 4.36. The van der Waals surface area contributed by atoms with Crippen LogP contribution in [0.25, 0.3) is 11.4 Å². The molecular weight excluding hydrogens is 336 g/mol. The molecule has 2 heterocycles. The van der Waals surface area contributed by atoms with Gasteiger partial charge in [-0.25, -0.2) is 13.4 Å². The maximum Gasteiger partial charge on any atom is 0.216 e. The van der Waals surface area contributed by atoms with E-state index in [4.69, 9.17) is 0 Å². The van der Waals surface area contributed by atoms with E-state index >= 15 is 0 Å². The Labute approximate surface area is 150 Å². The maximum atomic E-state index is 12.2. The highest BCUT2D eigenvalue weighted by Crippen LogP contribution is 2.17. The van der Waals surface area contributed by atoms with Gasteiger partial charge in [0.15, 0.2) is 0 Å². The van der Waals surface area contributed by atoms with Crippen LogP contribution in [0.4, 0.5) is 0 Å². The number of benzene rings is 1. The van der Waals surface area contributed by atoms with Crippen molar-refractivity contribution in [1.29, 1.82) is 0 Å². The molecular formula is C18H26N4O2S. The van der Waals surface area contributed by atoms with E-state index in [-0.39, 0.29) is 5.25 Å². The Hall–Kier alpha value is -1.70. The van der Waals surface area contributed by atoms with E-state index in [1.54, 1.807) is 18.2 Å². The Balaban J connectivity index is 1.56. The van der Waals surface area contributed by atoms with Crippen LogP contribution in [0.5, 0.6) is 0 Å². The van der Waals surface area contributed by atoms with Gasteiger partial charge in [0.1, 0.15) is 5.82 Å². The van der Waals surface area contributed by atoms with Crippen LogP contribution in [-0.2, 0) is 16.6 Å². The molecule has 0 spiro atoms. The van der Waals surface area contributed by atoms with E-state index in [2.05, 4.69) is 26.6 Å². The minimum Gasteiger partial charge on any atom is -0.330 e. The summed E-state index contributed by atoms with van der Waals surface area (Å²) in [5, 5.41) is -0.349. The lowest BCUT2D eigenvalue weighted by atomic mass is 10.2. The van der Waals surface area contributed by atoms with Gasteiger partial charge in [-0.1, -0.05) is 30.3 Å². The van der Waals surface area contributed by atoms with E-state index in [9.17, 15) is 8.42 Å². The second-order valence-corrected chi connectivity index (χ2v) is 9.13. The van der Waals surface area contributed by atoms with Gasteiger partial charge in [0, 0.05) is 57.2 Å². The summed E-state index contributed by atoms with van der Waals surface area (Å²) >= 11 is 0. The summed E-state index contributed by atoms with van der Waals surface area (Å²) in [5.41, 5.74) is 1.11. The topological polar surface area (TPSA) is 58.4 Å². The third-order valence-electron chi connectivity index (χ3n) is 4.69. The first kappa shape index (κ1) is 18.1. The second-order valence-electron chi connectivity index (χ2n) is 6.64. The van der Waals surface area contributed by atoms with Crippen molar-refractivity contribution in [2.75, 3.05) is 32.7 Å². The van der Waals surface area contributed by atoms with Gasteiger partial charge >= 0.3 is 0 Å². The minimum absolute atomic E-state index is 0.349. The Bertz CT molecular complexity index is 778. The monoisotopic (exact) mass is 362 g/mol. The Morgan fingerprint density at radius 3 is 2.36 bits per heavy atom. The van der Waals surface area contributed by atoms with Gasteiger partial charge in [-0.05, 0) is 13.8 Å². The summed E-state index contributed by atoms with van der Waals surface area (Å²) in [5.74, 6) is 0.974. The Kier molecular flexibility index (Phi) is 5.56. The molecule has 1 saturated heterocycles. The highest BCUT2D eigenvalue weighted by Gasteiger charge is 2.29. The van der Waals surface area contributed by atoms with Gasteiger partial charge in [0.2, 0.25) is 10.0 Å². The van der Waals surface area contributed by atoms with Crippen molar-refractivity contribution in [2.45, 2.75) is 25.6 Å². The van der Waals surface area contributed by atoms with Crippen molar-refractivity contribution in [3.8, 4) is 11.4 Å². The highest BCUT2D eigenvalue weighted by molar-refractivity contribution is 7.89. The summed E-state index contributed by atoms with van der Waals surface area (Å²) in [6, 6.07) is 10.2. The number of piperazine rings is 1. The lowest BCUT2D eigenvalue weighted by Crippen LogP contribution is -2.50. The second kappa shape index (κ2) is 7.68. The van der Waals surface area contributed by atoms with Crippen molar-refractivity contribution >= 4 is 10.0 Å². The lowest BCUT2D eigenvalue weighted by Gasteiger charge is -2.34. The van der Waals surface area contributed by atoms with Gasteiger partial charge < -0.3 is 4.57 Å². The fourth-order valence-electron chi connectivity index (χ4n) is 3.09. The van der Waals surface area contributed by atoms with Crippen LogP contribution in [0.15, 0.2) is 42.7 Å². The van der Waals surface area contributed by atoms with Crippen LogP contribution >= 0.6 is 0 Å². The number of aromatic nitrogens is 2. The molecule has 136 valence electrons. The highest BCUT2D eigenvalue weighted by atomic mass is 32.2. The zero-order valence-electron chi connectivity index (χ0n) is 14.9. The average molecular weight is 362 g/mol. The zero-order valence-corrected chi connectivity index (χ0v) is 15.7. The fraction of sp³-hybridized carbons (Fsp3) is 0.500. The number of hydrogen-bond acceptors (Lipinski definition) is 4. The number of hydrogen-bond donors (Lipinski definition) is 0. The van der Waals surface area contributed by atoms with Crippen molar-refractivity contribution in [3.63, 3.8) is 0 Å². The van der Waals surface area contributed by atoms with E-state index < -0.39 is 10.0 Å². The molecule has 1 fully saturated rings. The molecule has 6 nitrogen and oxygen atoms in total. The molecule has 0 unspecified atom stereocenters. The Morgan fingerprint density at radius 2 is 1.72 bits per heavy atom. The van der Waals surface area contributed by atoms with Crippen molar-refractivity contribution in [1.82, 2.24) is 18.8 Å². The molecule has 1 aromatic carbocycles. The summed E-state index contributed by atoms with van der Waals surface area (Å²) in [7, 11) is -3.13. The normalized spacial score (nSPS) is 17.2. The van der Waals surface area contributed by atoms with Crippen molar-refractivity contribution in [3.05, 3.63) is 42.7 Å². The van der Waals surface area contributed by atoms with Crippen LogP contribution in [0.2, 0.25) is 0 Å². The van der Waals surface area contributed by atoms with Gasteiger partial charge in [-0.2, -0.15) is 4.31 Å². The molecule has 1 aliphatic heterocycles. The molecule has 0 N–H and O–H groups in total. The van der Waals surface area contributed by atoms with Crippen molar-refractivity contribution < 1.29 is 8.42 Å². The summed E-state index contributed by atoms with van der Waals surface area (Å²) in [6.07, 6.45) is 3.83. The largest absolute Gasteiger partial charge is 0.330 e. The number of rotatable bonds is 6. The van der Waals surface area contributed by atoms with E-state index in [1.165, 1.54) is 0 Å². The van der Waals surface area contributed by atoms with Gasteiger partial charge in [-0.15, -0.1) is 0 Å². The molecule has 25 heavy (non-hydrogen) atoms. The quantitative estimate of drug-likeness (QED) is 0.788. The van der Waals surface area contributed by atoms with Crippen LogP contribution in [-0.4, -0.2) is 65.1 Å². The predicted molar refractivity (Wildman–Crippen MR) is 99.7 cm³/mol. The molecule has 2 aromatic rings. The van der Waals surface area contributed by atoms with Crippen LogP contribution < -0.4 is 0 Å². The number of sulfonamides is 1. The third-order valence-corrected chi connectivity index (χ3v) is 6.97. The first-order valence-corrected chi connectivity index (χ1v) is 10.3. The van der Waals surface area contributed by atoms with Gasteiger partial charge in [0.05, 0.1) is 5.25 Å². The van der Waals surface area contributed by atoms with Crippen LogP contribution in [0, 0.1) is 0 Å². The molecule has 3 rings (SSSR count). The summed E-state index contributed by atoms with van der Waals surface area (Å²) in [6.45, 7) is 7.94. The first-order valence-electron chi connectivity index (χ1n) is 8.76. The van der Waals surface area contributed by atoms with E-state index in [1.807, 2.05) is 30.6 Å². The van der Waals surface area contributed by atoms with Crippen LogP contribution in [0.1, 0.15) is 13.8 Å². The average Bonchev–Trinajstić information content (AvgIpc) is 3.09. The smallest absolute Gasteiger partial charge is 0.216 e. The molecule has 0 aliphatic carbocycles. The summed E-state index contributed by atoms with van der Waals surface area (Å²) < 4.78 is 28.3. The Morgan fingerprint density at radius 1 is 1.04 bits per heavy atom. The van der Waals surface area contributed by atoms with Crippen LogP contribution in [0.3, 0.4) is 0 Å². The maximum absolute atomic E-state index is 12.2. The molecule has 0 radical (unpaired) electrons. The molecule has 0 amide bonds. The van der Waals surface area contributed by atoms with Crippen molar-refractivity contribution in [2.24, 2.45) is 0 Å². The standard InChI is InChI=1S/C18H26N4O2S/c1-16(2)25(23,24)22-14-11-20(12-15-22)10-13-21-9-8-19-18(21)17-6-4-3-5-7-17/h3-9,16H,10-15H2,1-2H3. The zero-order chi connectivity index (χ0) is 17.9. The SMILES string of the molecule is CC(C)S(=O)(=O)N1CCN(CCn2ccnc2-c2ccccc2)CC1. The molecule has 1 aromatic heterocycles. The molecule has 0 atom stereocenters. The van der Waals surface area contributed by atoms with E-state index in [0.29, 0.717) is 13.1 Å². The molecule has 7 heteroatoms. The third kappa shape index (κ3) is 4.11. The summed E-state index contributed by atoms with van der Waals surface area (Å²) in [4.78, 5) is 6.79. The number of imidazole rings is 1. The first-order chi connectivity index (χ1) is 12.0. The lowest BCUT2D eigenvalue weighted by molar-refractivity contribution is 0.182. The number of nitrogens with zero attached hydrogens (tertiary/aromatic N) is 4. The predicted octanol–water partition coefficient (Wildman–Crippen LogP) is 1.91. The molecule has 0 bridgehead atoms.